The molecule has 17 heavy (non-hydrogen) atoms. The molecule has 3 nitrogen and oxygen atoms in total. The Kier molecular flexibility index (Phi) is 4.11. The fourth-order valence-corrected chi connectivity index (χ4v) is 1.43. The lowest BCUT2D eigenvalue weighted by Crippen LogP contribution is -2.20. The molecule has 0 aliphatic heterocycles. The van der Waals surface area contributed by atoms with Crippen LogP contribution in [0.1, 0.15) is 18.6 Å². The van der Waals surface area contributed by atoms with Crippen molar-refractivity contribution in [2.75, 3.05) is 6.61 Å². The van der Waals surface area contributed by atoms with Crippen LogP contribution in [0.3, 0.4) is 0 Å². The Morgan fingerprint density at radius 2 is 2.00 bits per heavy atom. The summed E-state index contributed by atoms with van der Waals surface area (Å²) in [6, 6.07) is 1.75. The number of phenols is 1. The normalized spacial score (nSPS) is 13.5. The van der Waals surface area contributed by atoms with Gasteiger partial charge in [-0.2, -0.15) is 13.2 Å². The van der Waals surface area contributed by atoms with Crippen molar-refractivity contribution in [2.45, 2.75) is 19.2 Å². The van der Waals surface area contributed by atoms with Gasteiger partial charge in [0.25, 0.3) is 0 Å². The second-order valence-corrected chi connectivity index (χ2v) is 3.63. The van der Waals surface area contributed by atoms with Crippen molar-refractivity contribution in [1.29, 1.82) is 0 Å². The van der Waals surface area contributed by atoms with Crippen LogP contribution < -0.4 is 4.74 Å². The molecular formula is C10H10ClF3O3. The maximum atomic E-state index is 12.3. The number of aromatic hydroxyl groups is 1. The van der Waals surface area contributed by atoms with Gasteiger partial charge in [-0.3, -0.25) is 0 Å². The number of alkyl halides is 3. The average Bonchev–Trinajstić information content (AvgIpc) is 2.22. The number of ether oxygens (including phenoxy) is 1. The van der Waals surface area contributed by atoms with Crippen LogP contribution in [0.2, 0.25) is 5.02 Å². The number of benzene rings is 1. The molecule has 1 aromatic rings. The summed E-state index contributed by atoms with van der Waals surface area (Å²) in [6.07, 6.45) is -7.47. The number of phenolic OH excluding ortho intramolecular Hbond substituents is 1. The van der Waals surface area contributed by atoms with Crippen molar-refractivity contribution < 1.29 is 28.1 Å². The van der Waals surface area contributed by atoms with E-state index in [-0.39, 0.29) is 17.4 Å². The largest absolute Gasteiger partial charge is 0.503 e. The summed E-state index contributed by atoms with van der Waals surface area (Å²) < 4.78 is 41.8. The van der Waals surface area contributed by atoms with Crippen LogP contribution >= 0.6 is 11.6 Å². The molecule has 2 N–H and O–H groups in total. The summed E-state index contributed by atoms with van der Waals surface area (Å²) in [5, 5.41) is 18.2. The lowest BCUT2D eigenvalue weighted by atomic mass is 10.1. The minimum atomic E-state index is -4.80. The second kappa shape index (κ2) is 5.01. The number of halogens is 4. The van der Waals surface area contributed by atoms with Gasteiger partial charge < -0.3 is 14.9 Å². The highest BCUT2D eigenvalue weighted by atomic mass is 35.5. The molecule has 0 spiro atoms. The summed E-state index contributed by atoms with van der Waals surface area (Å²) in [6.45, 7) is 1.75. The summed E-state index contributed by atoms with van der Waals surface area (Å²) in [4.78, 5) is 0. The standard InChI is InChI=1S/C10H10ClF3O3/c1-2-17-7-4-5(3-6(11)8(7)15)9(16)10(12,13)14/h3-4,9,15-16H,2H2,1H3. The Morgan fingerprint density at radius 1 is 1.41 bits per heavy atom. The minimum absolute atomic E-state index is 0.148. The molecule has 0 saturated heterocycles. The van der Waals surface area contributed by atoms with Gasteiger partial charge in [0, 0.05) is 0 Å². The summed E-state index contributed by atoms with van der Waals surface area (Å²) in [5.41, 5.74) is -0.483. The molecule has 0 radical (unpaired) electrons. The molecule has 1 atom stereocenters. The van der Waals surface area contributed by atoms with Gasteiger partial charge >= 0.3 is 6.18 Å². The van der Waals surface area contributed by atoms with Gasteiger partial charge in [-0.1, -0.05) is 11.6 Å². The molecule has 0 amide bonds. The summed E-state index contributed by atoms with van der Waals surface area (Å²) >= 11 is 5.54. The van der Waals surface area contributed by atoms with Crippen LogP contribution in [0.4, 0.5) is 13.2 Å². The SMILES string of the molecule is CCOc1cc(C(O)C(F)(F)F)cc(Cl)c1O. The predicted octanol–water partition coefficient (Wildman–Crippen LogP) is 3.04. The van der Waals surface area contributed by atoms with Gasteiger partial charge in [-0.15, -0.1) is 0 Å². The lowest BCUT2D eigenvalue weighted by molar-refractivity contribution is -0.206. The predicted molar refractivity (Wildman–Crippen MR) is 55.3 cm³/mol. The van der Waals surface area contributed by atoms with E-state index in [4.69, 9.17) is 21.4 Å². The Hall–Kier alpha value is -1.14. The third-order valence-corrected chi connectivity index (χ3v) is 2.26. The van der Waals surface area contributed by atoms with Crippen LogP contribution in [0.25, 0.3) is 0 Å². The van der Waals surface area contributed by atoms with E-state index in [0.29, 0.717) is 0 Å². The lowest BCUT2D eigenvalue weighted by Gasteiger charge is -2.17. The third-order valence-electron chi connectivity index (χ3n) is 1.98. The Balaban J connectivity index is 3.18. The number of aliphatic hydroxyl groups excluding tert-OH is 1. The number of hydrogen-bond donors (Lipinski definition) is 2. The summed E-state index contributed by atoms with van der Waals surface area (Å²) in [7, 11) is 0. The first-order valence-corrected chi connectivity index (χ1v) is 5.05. The highest BCUT2D eigenvalue weighted by molar-refractivity contribution is 6.32. The molecule has 0 aliphatic carbocycles. The molecule has 0 aliphatic rings. The smallest absolute Gasteiger partial charge is 0.418 e. The number of rotatable bonds is 3. The molecule has 96 valence electrons. The molecule has 0 aromatic heterocycles. The molecule has 0 bridgehead atoms. The molecular weight excluding hydrogens is 261 g/mol. The van der Waals surface area contributed by atoms with Crippen LogP contribution in [-0.2, 0) is 0 Å². The fraction of sp³-hybridized carbons (Fsp3) is 0.400. The van der Waals surface area contributed by atoms with E-state index >= 15 is 0 Å². The zero-order valence-electron chi connectivity index (χ0n) is 8.75. The Labute approximate surface area is 100 Å². The Bertz CT molecular complexity index is 407. The maximum Gasteiger partial charge on any atom is 0.418 e. The number of hydrogen-bond acceptors (Lipinski definition) is 3. The minimum Gasteiger partial charge on any atom is -0.503 e. The van der Waals surface area contributed by atoms with Crippen LogP contribution in [0.15, 0.2) is 12.1 Å². The summed E-state index contributed by atoms with van der Waals surface area (Å²) in [5.74, 6) is -0.648. The van der Waals surface area contributed by atoms with Crippen molar-refractivity contribution in [2.24, 2.45) is 0 Å². The van der Waals surface area contributed by atoms with E-state index in [2.05, 4.69) is 0 Å². The van der Waals surface area contributed by atoms with E-state index in [9.17, 15) is 18.3 Å². The maximum absolute atomic E-state index is 12.3. The van der Waals surface area contributed by atoms with Crippen molar-refractivity contribution >= 4 is 11.6 Å². The molecule has 0 heterocycles. The first-order valence-electron chi connectivity index (χ1n) is 4.67. The molecule has 0 fully saturated rings. The van der Waals surface area contributed by atoms with Crippen molar-refractivity contribution in [1.82, 2.24) is 0 Å². The van der Waals surface area contributed by atoms with Gasteiger partial charge in [0.05, 0.1) is 11.6 Å². The van der Waals surface area contributed by atoms with Crippen molar-refractivity contribution in [3.63, 3.8) is 0 Å². The third kappa shape index (κ3) is 3.17. The van der Waals surface area contributed by atoms with Crippen LogP contribution in [0.5, 0.6) is 11.5 Å². The molecule has 1 unspecified atom stereocenters. The van der Waals surface area contributed by atoms with Crippen molar-refractivity contribution in [3.05, 3.63) is 22.7 Å². The van der Waals surface area contributed by atoms with Gasteiger partial charge in [0.1, 0.15) is 0 Å². The topological polar surface area (TPSA) is 49.7 Å². The van der Waals surface area contributed by atoms with Gasteiger partial charge in [0.15, 0.2) is 17.6 Å². The van der Waals surface area contributed by atoms with Crippen LogP contribution in [0, 0.1) is 0 Å². The van der Waals surface area contributed by atoms with Gasteiger partial charge in [-0.25, -0.2) is 0 Å². The first-order chi connectivity index (χ1) is 7.77. The van der Waals surface area contributed by atoms with Gasteiger partial charge in [-0.05, 0) is 24.6 Å². The molecule has 1 aromatic carbocycles. The van der Waals surface area contributed by atoms with E-state index in [1.807, 2.05) is 0 Å². The molecule has 1 rings (SSSR count). The second-order valence-electron chi connectivity index (χ2n) is 3.23. The zero-order valence-corrected chi connectivity index (χ0v) is 9.51. The quantitative estimate of drug-likeness (QED) is 0.887. The van der Waals surface area contributed by atoms with Crippen LogP contribution in [-0.4, -0.2) is 23.0 Å². The van der Waals surface area contributed by atoms with E-state index in [0.717, 1.165) is 12.1 Å². The monoisotopic (exact) mass is 270 g/mol. The fourth-order valence-electron chi connectivity index (χ4n) is 1.21. The van der Waals surface area contributed by atoms with Crippen molar-refractivity contribution in [3.8, 4) is 11.5 Å². The highest BCUT2D eigenvalue weighted by Gasteiger charge is 2.40. The van der Waals surface area contributed by atoms with E-state index in [1.54, 1.807) is 6.92 Å². The van der Waals surface area contributed by atoms with Gasteiger partial charge in [0.2, 0.25) is 0 Å². The number of aliphatic hydroxyl groups is 1. The highest BCUT2D eigenvalue weighted by Crippen LogP contribution is 2.40. The van der Waals surface area contributed by atoms with E-state index in [1.165, 1.54) is 0 Å². The Morgan fingerprint density at radius 3 is 2.47 bits per heavy atom. The first kappa shape index (κ1) is 13.9. The molecule has 7 heteroatoms. The van der Waals surface area contributed by atoms with E-state index < -0.39 is 23.6 Å². The molecule has 0 saturated carbocycles. The zero-order chi connectivity index (χ0) is 13.2. The average molecular weight is 271 g/mol.